The Hall–Kier alpha value is -2.96. The van der Waals surface area contributed by atoms with Gasteiger partial charge in [0.15, 0.2) is 0 Å². The van der Waals surface area contributed by atoms with E-state index in [0.29, 0.717) is 29.0 Å². The summed E-state index contributed by atoms with van der Waals surface area (Å²) in [6.07, 6.45) is -4.08. The number of pyridine rings is 1. The van der Waals surface area contributed by atoms with E-state index in [4.69, 9.17) is 0 Å². The monoisotopic (exact) mass is 349 g/mol. The second-order valence-corrected chi connectivity index (χ2v) is 5.52. The largest absolute Gasteiger partial charge is 0.417 e. The molecule has 0 bridgehead atoms. The van der Waals surface area contributed by atoms with Gasteiger partial charge >= 0.3 is 6.18 Å². The molecule has 1 heterocycles. The summed E-state index contributed by atoms with van der Waals surface area (Å²) >= 11 is 0. The molecule has 3 rings (SSSR count). The van der Waals surface area contributed by atoms with E-state index in [-0.39, 0.29) is 17.3 Å². The SMILES string of the molecule is O=CCc1cc(F)cc(-c2ccc3[nH]c(=O)cc(C(F)(F)F)c3c2)c1. The summed E-state index contributed by atoms with van der Waals surface area (Å²) in [6.45, 7) is 0. The van der Waals surface area contributed by atoms with Crippen molar-refractivity contribution in [2.24, 2.45) is 0 Å². The molecule has 0 amide bonds. The highest BCUT2D eigenvalue weighted by Crippen LogP contribution is 2.35. The zero-order valence-corrected chi connectivity index (χ0v) is 12.7. The number of hydrogen-bond donors (Lipinski definition) is 1. The minimum atomic E-state index is -4.70. The van der Waals surface area contributed by atoms with Crippen LogP contribution in [0, 0.1) is 5.82 Å². The Morgan fingerprint density at radius 1 is 1.00 bits per heavy atom. The molecule has 0 radical (unpaired) electrons. The van der Waals surface area contributed by atoms with E-state index >= 15 is 0 Å². The Balaban J connectivity index is 2.24. The van der Waals surface area contributed by atoms with Crippen molar-refractivity contribution < 1.29 is 22.4 Å². The van der Waals surface area contributed by atoms with E-state index in [1.54, 1.807) is 0 Å². The van der Waals surface area contributed by atoms with E-state index < -0.39 is 23.1 Å². The highest BCUT2D eigenvalue weighted by atomic mass is 19.4. The van der Waals surface area contributed by atoms with Crippen LogP contribution in [0.5, 0.6) is 0 Å². The van der Waals surface area contributed by atoms with Gasteiger partial charge in [-0.2, -0.15) is 13.2 Å². The first-order valence-electron chi connectivity index (χ1n) is 7.25. The van der Waals surface area contributed by atoms with Gasteiger partial charge < -0.3 is 9.78 Å². The molecule has 0 atom stereocenters. The van der Waals surface area contributed by atoms with Crippen LogP contribution in [0.15, 0.2) is 47.3 Å². The third-order valence-corrected chi connectivity index (χ3v) is 3.76. The lowest BCUT2D eigenvalue weighted by Gasteiger charge is -2.12. The number of halogens is 4. The Morgan fingerprint density at radius 3 is 2.44 bits per heavy atom. The number of aromatic amines is 1. The highest BCUT2D eigenvalue weighted by molar-refractivity contribution is 5.87. The van der Waals surface area contributed by atoms with Crippen LogP contribution in [-0.4, -0.2) is 11.3 Å². The summed E-state index contributed by atoms with van der Waals surface area (Å²) in [5, 5.41) is -0.189. The number of H-pyrrole nitrogens is 1. The first kappa shape index (κ1) is 16.9. The van der Waals surface area contributed by atoms with Gasteiger partial charge in [0.1, 0.15) is 12.1 Å². The van der Waals surface area contributed by atoms with Crippen molar-refractivity contribution in [3.05, 3.63) is 69.8 Å². The molecule has 0 aliphatic carbocycles. The maximum atomic E-state index is 13.7. The first-order chi connectivity index (χ1) is 11.8. The molecule has 0 fully saturated rings. The van der Waals surface area contributed by atoms with Gasteiger partial charge in [-0.25, -0.2) is 4.39 Å². The van der Waals surface area contributed by atoms with Crippen molar-refractivity contribution in [1.29, 1.82) is 0 Å². The van der Waals surface area contributed by atoms with Gasteiger partial charge in [0.2, 0.25) is 5.56 Å². The third-order valence-electron chi connectivity index (χ3n) is 3.76. The molecule has 2 aromatic carbocycles. The summed E-state index contributed by atoms with van der Waals surface area (Å²) in [4.78, 5) is 24.4. The number of benzene rings is 2. The number of rotatable bonds is 3. The van der Waals surface area contributed by atoms with Crippen LogP contribution in [0.2, 0.25) is 0 Å². The number of nitrogens with one attached hydrogen (secondary N) is 1. The number of aromatic nitrogens is 1. The lowest BCUT2D eigenvalue weighted by Crippen LogP contribution is -2.13. The maximum absolute atomic E-state index is 13.7. The molecule has 3 nitrogen and oxygen atoms in total. The fourth-order valence-electron chi connectivity index (χ4n) is 2.70. The van der Waals surface area contributed by atoms with E-state index in [9.17, 15) is 27.2 Å². The average molecular weight is 349 g/mol. The van der Waals surface area contributed by atoms with Crippen molar-refractivity contribution in [1.82, 2.24) is 4.98 Å². The Bertz CT molecular complexity index is 1020. The van der Waals surface area contributed by atoms with Crippen LogP contribution in [0.25, 0.3) is 22.0 Å². The molecule has 25 heavy (non-hydrogen) atoms. The predicted octanol–water partition coefficient (Wildman–Crippen LogP) is 4.09. The molecule has 1 aromatic heterocycles. The van der Waals surface area contributed by atoms with E-state index in [2.05, 4.69) is 4.98 Å². The van der Waals surface area contributed by atoms with Gasteiger partial charge in [0.05, 0.1) is 5.56 Å². The van der Waals surface area contributed by atoms with Gasteiger partial charge in [0, 0.05) is 23.4 Å². The summed E-state index contributed by atoms with van der Waals surface area (Å²) in [6, 6.07) is 8.47. The molecule has 1 N–H and O–H groups in total. The molecule has 3 aromatic rings. The van der Waals surface area contributed by atoms with Crippen LogP contribution < -0.4 is 5.56 Å². The van der Waals surface area contributed by atoms with Crippen molar-refractivity contribution in [3.8, 4) is 11.1 Å². The number of fused-ring (bicyclic) bond motifs is 1. The van der Waals surface area contributed by atoms with E-state index in [1.807, 2.05) is 0 Å². The quantitative estimate of drug-likeness (QED) is 0.572. The molecule has 0 unspecified atom stereocenters. The zero-order valence-electron chi connectivity index (χ0n) is 12.7. The first-order valence-corrected chi connectivity index (χ1v) is 7.25. The van der Waals surface area contributed by atoms with Crippen LogP contribution in [0.4, 0.5) is 17.6 Å². The maximum Gasteiger partial charge on any atom is 0.417 e. The second kappa shape index (κ2) is 6.16. The summed E-state index contributed by atoms with van der Waals surface area (Å²) in [7, 11) is 0. The van der Waals surface area contributed by atoms with Gasteiger partial charge in [-0.3, -0.25) is 4.79 Å². The van der Waals surface area contributed by atoms with Crippen molar-refractivity contribution in [2.45, 2.75) is 12.6 Å². The number of aldehydes is 1. The van der Waals surface area contributed by atoms with Crippen LogP contribution in [0.1, 0.15) is 11.1 Å². The molecule has 128 valence electrons. The normalized spacial score (nSPS) is 11.7. The van der Waals surface area contributed by atoms with Crippen molar-refractivity contribution in [3.63, 3.8) is 0 Å². The minimum Gasteiger partial charge on any atom is -0.322 e. The molecule has 0 aliphatic heterocycles. The third kappa shape index (κ3) is 3.45. The molecule has 0 aliphatic rings. The Labute approximate surface area is 138 Å². The van der Waals surface area contributed by atoms with Crippen LogP contribution >= 0.6 is 0 Å². The van der Waals surface area contributed by atoms with Gasteiger partial charge in [-0.15, -0.1) is 0 Å². The molecule has 0 saturated heterocycles. The van der Waals surface area contributed by atoms with Crippen LogP contribution in [0.3, 0.4) is 0 Å². The molecule has 0 saturated carbocycles. The van der Waals surface area contributed by atoms with Gasteiger partial charge in [-0.05, 0) is 41.0 Å². The fourth-order valence-corrected chi connectivity index (χ4v) is 2.70. The standard InChI is InChI=1S/C18H11F4NO2/c19-13-6-10(3-4-24)5-12(7-13)11-1-2-16-14(8-11)15(18(20,21)22)9-17(25)23-16/h1-2,4-9H,3H2,(H,23,25). The number of alkyl halides is 3. The Kier molecular flexibility index (Phi) is 4.16. The van der Waals surface area contributed by atoms with Crippen molar-refractivity contribution in [2.75, 3.05) is 0 Å². The zero-order chi connectivity index (χ0) is 18.2. The number of carbonyl (C=O) groups is 1. The summed E-state index contributed by atoms with van der Waals surface area (Å²) in [5.41, 5.74) is -0.769. The predicted molar refractivity (Wildman–Crippen MR) is 84.7 cm³/mol. The van der Waals surface area contributed by atoms with E-state index in [0.717, 1.165) is 0 Å². The second-order valence-electron chi connectivity index (χ2n) is 5.52. The van der Waals surface area contributed by atoms with Gasteiger partial charge in [-0.1, -0.05) is 12.1 Å². The molecule has 0 spiro atoms. The summed E-state index contributed by atoms with van der Waals surface area (Å²) in [5.74, 6) is -0.591. The van der Waals surface area contributed by atoms with Crippen molar-refractivity contribution >= 4 is 17.2 Å². The number of hydrogen-bond acceptors (Lipinski definition) is 2. The molecular formula is C18H11F4NO2. The van der Waals surface area contributed by atoms with E-state index in [1.165, 1.54) is 36.4 Å². The fraction of sp³-hybridized carbons (Fsp3) is 0.111. The molecule has 7 heteroatoms. The van der Waals surface area contributed by atoms with Crippen LogP contribution in [-0.2, 0) is 17.4 Å². The lowest BCUT2D eigenvalue weighted by molar-refractivity contribution is -0.136. The summed E-state index contributed by atoms with van der Waals surface area (Å²) < 4.78 is 53.4. The molecular weight excluding hydrogens is 338 g/mol. The minimum absolute atomic E-state index is 0.000534. The lowest BCUT2D eigenvalue weighted by atomic mass is 9.98. The smallest absolute Gasteiger partial charge is 0.322 e. The van der Waals surface area contributed by atoms with Gasteiger partial charge in [0.25, 0.3) is 0 Å². The highest BCUT2D eigenvalue weighted by Gasteiger charge is 2.33. The topological polar surface area (TPSA) is 49.9 Å². The number of carbonyl (C=O) groups excluding carboxylic acids is 1. The Morgan fingerprint density at radius 2 is 1.76 bits per heavy atom. The average Bonchev–Trinajstić information content (AvgIpc) is 2.52.